The van der Waals surface area contributed by atoms with Crippen LogP contribution in [0.4, 0.5) is 0 Å². The summed E-state index contributed by atoms with van der Waals surface area (Å²) in [4.78, 5) is 26.4. The van der Waals surface area contributed by atoms with Crippen LogP contribution >= 0.6 is 0 Å². The Kier molecular flexibility index (Phi) is 41.0. The monoisotopic (exact) mass is 825 g/mol. The largest absolute Gasteiger partial charge is 0.493 e. The maximum absolute atomic E-state index is 13.3. The Bertz CT molecular complexity index is 1060. The van der Waals surface area contributed by atoms with E-state index >= 15 is 0 Å². The number of hydrogen-bond donors (Lipinski definition) is 2. The molecule has 0 fully saturated rings. The molecule has 1 rings (SSSR count). The fraction of sp³-hybridized carbons (Fsp3) is 0.852. The van der Waals surface area contributed by atoms with Crippen LogP contribution in [-0.2, 0) is 0 Å². The number of unbranched alkanes of at least 4 members (excludes halogenated alkanes) is 37. The van der Waals surface area contributed by atoms with Crippen molar-refractivity contribution in [1.82, 2.24) is 10.6 Å². The number of rotatable bonds is 46. The van der Waals surface area contributed by atoms with Crippen LogP contribution in [0.3, 0.4) is 0 Å². The summed E-state index contributed by atoms with van der Waals surface area (Å²) in [6, 6.07) is 5.35. The van der Waals surface area contributed by atoms with Gasteiger partial charge in [0.2, 0.25) is 0 Å². The molecule has 0 aliphatic rings. The third-order valence-electron chi connectivity index (χ3n) is 12.4. The van der Waals surface area contributed by atoms with Gasteiger partial charge in [0.25, 0.3) is 11.8 Å². The highest BCUT2D eigenvalue weighted by molar-refractivity contribution is 6.00. The zero-order valence-corrected chi connectivity index (χ0v) is 39.9. The lowest BCUT2D eigenvalue weighted by molar-refractivity contribution is 0.0937. The standard InChI is InChI=1S/C54H100N2O3/c1-4-7-10-13-16-18-20-22-24-26-28-30-32-34-36-38-41-46-55-53(57)50-44-45-51(52(49-50)59-48-43-40-15-12-9-6-3)54(58)56-47-42-39-37-35-33-31-29-27-25-23-21-19-17-14-11-8-5-2/h44-45,49H,4-43,46-48H2,1-3H3,(H,55,57)(H,56,58). The van der Waals surface area contributed by atoms with Gasteiger partial charge in [0, 0.05) is 18.7 Å². The lowest BCUT2D eigenvalue weighted by Crippen LogP contribution is -2.26. The molecule has 0 aliphatic carbocycles. The second-order valence-corrected chi connectivity index (χ2v) is 18.2. The molecule has 0 saturated carbocycles. The zero-order valence-electron chi connectivity index (χ0n) is 39.9. The Labute approximate surface area is 367 Å². The Morgan fingerprint density at radius 1 is 0.373 bits per heavy atom. The second-order valence-electron chi connectivity index (χ2n) is 18.2. The van der Waals surface area contributed by atoms with Crippen molar-refractivity contribution in [3.8, 4) is 5.75 Å². The highest BCUT2D eigenvalue weighted by atomic mass is 16.5. The van der Waals surface area contributed by atoms with E-state index in [2.05, 4.69) is 31.4 Å². The molecule has 0 heterocycles. The van der Waals surface area contributed by atoms with Crippen molar-refractivity contribution >= 4 is 11.8 Å². The average Bonchev–Trinajstić information content (AvgIpc) is 3.25. The summed E-state index contributed by atoms with van der Waals surface area (Å²) in [6.45, 7) is 8.75. The van der Waals surface area contributed by atoms with E-state index in [9.17, 15) is 9.59 Å². The van der Waals surface area contributed by atoms with Gasteiger partial charge in [-0.25, -0.2) is 0 Å². The van der Waals surface area contributed by atoms with E-state index in [1.165, 1.54) is 218 Å². The SMILES string of the molecule is CCCCCCCCCCCCCCCCCCCNC(=O)c1ccc(C(=O)NCCCCCCCCCCCCCCCCCCC)c(OCCCCCCCC)c1. The van der Waals surface area contributed by atoms with Crippen LogP contribution in [0.25, 0.3) is 0 Å². The van der Waals surface area contributed by atoms with Crippen molar-refractivity contribution in [2.24, 2.45) is 0 Å². The number of carbonyl (C=O) groups is 2. The summed E-state index contributed by atoms with van der Waals surface area (Å²) in [7, 11) is 0. The Hall–Kier alpha value is -2.04. The summed E-state index contributed by atoms with van der Waals surface area (Å²) in [5, 5.41) is 6.25. The van der Waals surface area contributed by atoms with Crippen molar-refractivity contribution in [2.75, 3.05) is 19.7 Å². The first-order valence-corrected chi connectivity index (χ1v) is 26.5. The summed E-state index contributed by atoms with van der Waals surface area (Å²) in [6.07, 6.45) is 52.9. The van der Waals surface area contributed by atoms with Gasteiger partial charge in [-0.2, -0.15) is 0 Å². The van der Waals surface area contributed by atoms with Gasteiger partial charge in [0.1, 0.15) is 5.75 Å². The molecule has 1 aromatic carbocycles. The predicted molar refractivity (Wildman–Crippen MR) is 258 cm³/mol. The minimum absolute atomic E-state index is 0.0821. The Balaban J connectivity index is 2.26. The molecule has 5 nitrogen and oxygen atoms in total. The maximum atomic E-state index is 13.3. The minimum Gasteiger partial charge on any atom is -0.493 e. The van der Waals surface area contributed by atoms with Crippen LogP contribution in [0.1, 0.15) is 298 Å². The van der Waals surface area contributed by atoms with Crippen molar-refractivity contribution in [1.29, 1.82) is 0 Å². The molecular formula is C54H100N2O3. The fourth-order valence-electron chi connectivity index (χ4n) is 8.34. The Morgan fingerprint density at radius 3 is 1.00 bits per heavy atom. The zero-order chi connectivity index (χ0) is 42.5. The van der Waals surface area contributed by atoms with Crippen LogP contribution in [0, 0.1) is 0 Å². The van der Waals surface area contributed by atoms with Gasteiger partial charge in [0.15, 0.2) is 0 Å². The summed E-state index contributed by atoms with van der Waals surface area (Å²) in [5.41, 5.74) is 1.10. The van der Waals surface area contributed by atoms with Crippen molar-refractivity contribution < 1.29 is 14.3 Å². The van der Waals surface area contributed by atoms with E-state index in [0.717, 1.165) is 38.5 Å². The third-order valence-corrected chi connectivity index (χ3v) is 12.4. The Morgan fingerprint density at radius 2 is 0.661 bits per heavy atom. The van der Waals surface area contributed by atoms with Crippen LogP contribution in [0.15, 0.2) is 18.2 Å². The van der Waals surface area contributed by atoms with Crippen molar-refractivity contribution in [2.45, 2.75) is 278 Å². The fourth-order valence-corrected chi connectivity index (χ4v) is 8.34. The number of benzene rings is 1. The topological polar surface area (TPSA) is 67.4 Å². The lowest BCUT2D eigenvalue weighted by atomic mass is 10.0. The van der Waals surface area contributed by atoms with Gasteiger partial charge in [-0.05, 0) is 37.5 Å². The van der Waals surface area contributed by atoms with Crippen molar-refractivity contribution in [3.05, 3.63) is 29.3 Å². The first kappa shape index (κ1) is 55.0. The van der Waals surface area contributed by atoms with Crippen LogP contribution in [-0.4, -0.2) is 31.5 Å². The van der Waals surface area contributed by atoms with E-state index in [1.807, 2.05) is 0 Å². The summed E-state index contributed by atoms with van der Waals surface area (Å²) < 4.78 is 6.20. The molecule has 0 atom stereocenters. The van der Waals surface area contributed by atoms with Gasteiger partial charge >= 0.3 is 0 Å². The second kappa shape index (κ2) is 44.0. The molecule has 1 aromatic rings. The highest BCUT2D eigenvalue weighted by Crippen LogP contribution is 2.22. The number of nitrogens with one attached hydrogen (secondary N) is 2. The van der Waals surface area contributed by atoms with E-state index in [0.29, 0.717) is 36.6 Å². The molecule has 2 amide bonds. The molecular weight excluding hydrogens is 725 g/mol. The molecule has 0 aromatic heterocycles. The molecule has 2 N–H and O–H groups in total. The average molecular weight is 825 g/mol. The highest BCUT2D eigenvalue weighted by Gasteiger charge is 2.16. The minimum atomic E-state index is -0.102. The van der Waals surface area contributed by atoms with E-state index in [-0.39, 0.29) is 11.8 Å². The number of hydrogen-bond acceptors (Lipinski definition) is 3. The number of amides is 2. The van der Waals surface area contributed by atoms with Crippen LogP contribution < -0.4 is 15.4 Å². The molecule has 0 aliphatic heterocycles. The number of ether oxygens (including phenoxy) is 1. The van der Waals surface area contributed by atoms with E-state index in [4.69, 9.17) is 4.74 Å². The third kappa shape index (κ3) is 35.3. The first-order chi connectivity index (χ1) is 29.1. The molecule has 0 spiro atoms. The van der Waals surface area contributed by atoms with E-state index < -0.39 is 0 Å². The lowest BCUT2D eigenvalue weighted by Gasteiger charge is -2.14. The van der Waals surface area contributed by atoms with Gasteiger partial charge in [-0.1, -0.05) is 258 Å². The van der Waals surface area contributed by atoms with Crippen LogP contribution in [0.2, 0.25) is 0 Å². The quantitative estimate of drug-likeness (QED) is 0.0644. The molecule has 344 valence electrons. The smallest absolute Gasteiger partial charge is 0.255 e. The van der Waals surface area contributed by atoms with Crippen molar-refractivity contribution in [3.63, 3.8) is 0 Å². The van der Waals surface area contributed by atoms with Gasteiger partial charge < -0.3 is 15.4 Å². The molecule has 5 heteroatoms. The molecule has 59 heavy (non-hydrogen) atoms. The van der Waals surface area contributed by atoms with E-state index in [1.54, 1.807) is 18.2 Å². The molecule has 0 unspecified atom stereocenters. The van der Waals surface area contributed by atoms with Gasteiger partial charge in [-0.15, -0.1) is 0 Å². The molecule has 0 radical (unpaired) electrons. The normalized spacial score (nSPS) is 11.3. The number of carbonyl (C=O) groups excluding carboxylic acids is 2. The van der Waals surface area contributed by atoms with Crippen LogP contribution in [0.5, 0.6) is 5.75 Å². The maximum Gasteiger partial charge on any atom is 0.255 e. The summed E-state index contributed by atoms with van der Waals surface area (Å²) >= 11 is 0. The first-order valence-electron chi connectivity index (χ1n) is 26.5. The predicted octanol–water partition coefficient (Wildman–Crippen LogP) is 17.2. The van der Waals surface area contributed by atoms with Gasteiger partial charge in [0.05, 0.1) is 12.2 Å². The molecule has 0 bridgehead atoms. The molecule has 0 saturated heterocycles. The summed E-state index contributed by atoms with van der Waals surface area (Å²) in [5.74, 6) is 0.347. The van der Waals surface area contributed by atoms with Gasteiger partial charge in [-0.3, -0.25) is 9.59 Å².